The average molecular weight is 316 g/mol. The van der Waals surface area contributed by atoms with Crippen LogP contribution in [0.1, 0.15) is 18.4 Å². The summed E-state index contributed by atoms with van der Waals surface area (Å²) in [4.78, 5) is -0.362. The molecular weight excluding hydrogens is 295 g/mol. The molecule has 1 aromatic rings. The topological polar surface area (TPSA) is 72.6 Å². The summed E-state index contributed by atoms with van der Waals surface area (Å²) in [5.74, 6) is -0.598. The normalized spacial score (nSPS) is 19.9. The number of rotatable bonds is 4. The maximum Gasteiger partial charge on any atom is 0.245 e. The Morgan fingerprint density at radius 3 is 2.81 bits per heavy atom. The smallest absolute Gasteiger partial charge is 0.245 e. The van der Waals surface area contributed by atoms with Gasteiger partial charge in [0, 0.05) is 25.9 Å². The van der Waals surface area contributed by atoms with E-state index in [2.05, 4.69) is 0 Å². The highest BCUT2D eigenvalue weighted by atomic mass is 32.2. The van der Waals surface area contributed by atoms with Crippen LogP contribution in [-0.2, 0) is 14.8 Å². The summed E-state index contributed by atoms with van der Waals surface area (Å²) in [6.45, 7) is 3.07. The fourth-order valence-corrected chi connectivity index (χ4v) is 3.95. The molecule has 0 spiro atoms. The molecule has 0 bridgehead atoms. The zero-order chi connectivity index (χ0) is 15.6. The van der Waals surface area contributed by atoms with E-state index in [0.717, 1.165) is 19.4 Å². The SMILES string of the molecule is Cc1cc(N)cc(S(=O)(=O)N(C)CC2CCCOC2)c1F. The Morgan fingerprint density at radius 2 is 2.19 bits per heavy atom. The van der Waals surface area contributed by atoms with Gasteiger partial charge in [-0.1, -0.05) is 0 Å². The minimum absolute atomic E-state index is 0.142. The molecule has 21 heavy (non-hydrogen) atoms. The fourth-order valence-electron chi connectivity index (χ4n) is 2.53. The van der Waals surface area contributed by atoms with Crippen LogP contribution in [0.3, 0.4) is 0 Å². The lowest BCUT2D eigenvalue weighted by atomic mass is 10.0. The van der Waals surface area contributed by atoms with Gasteiger partial charge in [0.2, 0.25) is 10.0 Å². The van der Waals surface area contributed by atoms with Crippen LogP contribution in [0.2, 0.25) is 0 Å². The van der Waals surface area contributed by atoms with Gasteiger partial charge in [0.1, 0.15) is 10.7 Å². The second-order valence-corrected chi connectivity index (χ2v) is 7.53. The minimum atomic E-state index is -3.89. The summed E-state index contributed by atoms with van der Waals surface area (Å²) in [5.41, 5.74) is 6.10. The largest absolute Gasteiger partial charge is 0.399 e. The van der Waals surface area contributed by atoms with Gasteiger partial charge in [-0.15, -0.1) is 0 Å². The molecule has 1 heterocycles. The van der Waals surface area contributed by atoms with E-state index in [1.807, 2.05) is 0 Å². The third kappa shape index (κ3) is 3.53. The molecule has 1 atom stereocenters. The van der Waals surface area contributed by atoms with Crippen LogP contribution >= 0.6 is 0 Å². The molecule has 1 unspecified atom stereocenters. The number of nitrogen functional groups attached to an aromatic ring is 1. The van der Waals surface area contributed by atoms with E-state index >= 15 is 0 Å². The van der Waals surface area contributed by atoms with E-state index < -0.39 is 15.8 Å². The molecule has 0 saturated carbocycles. The van der Waals surface area contributed by atoms with Crippen molar-refractivity contribution in [2.75, 3.05) is 32.5 Å². The average Bonchev–Trinajstić information content (AvgIpc) is 2.43. The van der Waals surface area contributed by atoms with E-state index in [4.69, 9.17) is 10.5 Å². The summed E-state index contributed by atoms with van der Waals surface area (Å²) in [5, 5.41) is 0. The van der Waals surface area contributed by atoms with E-state index in [9.17, 15) is 12.8 Å². The number of aryl methyl sites for hydroxylation is 1. The van der Waals surface area contributed by atoms with E-state index in [1.54, 1.807) is 0 Å². The number of hydrogen-bond acceptors (Lipinski definition) is 4. The molecule has 1 saturated heterocycles. The summed E-state index contributed by atoms with van der Waals surface area (Å²) >= 11 is 0. The third-order valence-electron chi connectivity index (χ3n) is 3.70. The van der Waals surface area contributed by atoms with Crippen molar-refractivity contribution in [1.82, 2.24) is 4.31 Å². The van der Waals surface area contributed by atoms with Crippen molar-refractivity contribution in [2.45, 2.75) is 24.7 Å². The van der Waals surface area contributed by atoms with Crippen LogP contribution in [-0.4, -0.2) is 39.5 Å². The van der Waals surface area contributed by atoms with E-state index in [-0.39, 0.29) is 22.1 Å². The molecule has 1 aromatic carbocycles. The molecule has 1 aliphatic heterocycles. The molecule has 2 N–H and O–H groups in total. The van der Waals surface area contributed by atoms with Gasteiger partial charge in [-0.2, -0.15) is 0 Å². The lowest BCUT2D eigenvalue weighted by Crippen LogP contribution is -2.35. The molecular formula is C14H21FN2O3S. The number of hydrogen-bond donors (Lipinski definition) is 1. The number of benzene rings is 1. The Balaban J connectivity index is 2.24. The van der Waals surface area contributed by atoms with Crippen LogP contribution < -0.4 is 5.73 Å². The predicted octanol–water partition coefficient (Wildman–Crippen LogP) is 1.76. The highest BCUT2D eigenvalue weighted by Crippen LogP contribution is 2.25. The van der Waals surface area contributed by atoms with Crippen molar-refractivity contribution >= 4 is 15.7 Å². The monoisotopic (exact) mass is 316 g/mol. The van der Waals surface area contributed by atoms with Gasteiger partial charge < -0.3 is 10.5 Å². The Labute approximate surface area is 124 Å². The molecule has 0 aliphatic carbocycles. The van der Waals surface area contributed by atoms with Crippen LogP contribution in [0, 0.1) is 18.7 Å². The third-order valence-corrected chi connectivity index (χ3v) is 5.52. The molecule has 0 amide bonds. The Morgan fingerprint density at radius 1 is 1.48 bits per heavy atom. The summed E-state index contributed by atoms with van der Waals surface area (Å²) in [6, 6.07) is 2.59. The van der Waals surface area contributed by atoms with Gasteiger partial charge in [0.15, 0.2) is 0 Å². The zero-order valence-corrected chi connectivity index (χ0v) is 13.1. The number of nitrogens with zero attached hydrogens (tertiary/aromatic N) is 1. The predicted molar refractivity (Wildman–Crippen MR) is 78.9 cm³/mol. The van der Waals surface area contributed by atoms with Crippen molar-refractivity contribution in [3.8, 4) is 0 Å². The Kier molecular flexibility index (Phi) is 4.85. The van der Waals surface area contributed by atoms with E-state index in [0.29, 0.717) is 13.2 Å². The molecule has 5 nitrogen and oxygen atoms in total. The number of sulfonamides is 1. The first-order valence-corrected chi connectivity index (χ1v) is 8.36. The first kappa shape index (κ1) is 16.2. The molecule has 2 rings (SSSR count). The zero-order valence-electron chi connectivity index (χ0n) is 12.3. The van der Waals surface area contributed by atoms with Gasteiger partial charge in [-0.05, 0) is 43.4 Å². The van der Waals surface area contributed by atoms with Gasteiger partial charge >= 0.3 is 0 Å². The second kappa shape index (κ2) is 6.29. The first-order valence-electron chi connectivity index (χ1n) is 6.92. The van der Waals surface area contributed by atoms with Crippen molar-refractivity contribution in [3.05, 3.63) is 23.5 Å². The highest BCUT2D eigenvalue weighted by molar-refractivity contribution is 7.89. The standard InChI is InChI=1S/C14H21FN2O3S/c1-10-6-12(16)7-13(14(10)15)21(18,19)17(2)8-11-4-3-5-20-9-11/h6-7,11H,3-5,8-9,16H2,1-2H3. The fraction of sp³-hybridized carbons (Fsp3) is 0.571. The molecule has 0 aromatic heterocycles. The Bertz CT molecular complexity index is 613. The number of ether oxygens (including phenoxy) is 1. The van der Waals surface area contributed by atoms with Crippen molar-refractivity contribution in [2.24, 2.45) is 5.92 Å². The summed E-state index contributed by atoms with van der Waals surface area (Å²) < 4.78 is 45.7. The molecule has 0 radical (unpaired) electrons. The molecule has 118 valence electrons. The molecule has 1 aliphatic rings. The van der Waals surface area contributed by atoms with Crippen molar-refractivity contribution < 1.29 is 17.5 Å². The first-order chi connectivity index (χ1) is 9.82. The van der Waals surface area contributed by atoms with E-state index in [1.165, 1.54) is 30.4 Å². The number of nitrogens with two attached hydrogens (primary N) is 1. The van der Waals surface area contributed by atoms with Crippen molar-refractivity contribution in [3.63, 3.8) is 0 Å². The lowest BCUT2D eigenvalue weighted by Gasteiger charge is -2.27. The van der Waals surface area contributed by atoms with Gasteiger partial charge in [-0.25, -0.2) is 17.1 Å². The van der Waals surface area contributed by atoms with Crippen molar-refractivity contribution in [1.29, 1.82) is 0 Å². The maximum absolute atomic E-state index is 14.1. The summed E-state index contributed by atoms with van der Waals surface area (Å²) in [6.07, 6.45) is 1.84. The molecule has 7 heteroatoms. The highest BCUT2D eigenvalue weighted by Gasteiger charge is 2.28. The van der Waals surface area contributed by atoms with Gasteiger partial charge in [0.25, 0.3) is 0 Å². The van der Waals surface area contributed by atoms with Crippen LogP contribution in [0.25, 0.3) is 0 Å². The molecule has 1 fully saturated rings. The van der Waals surface area contributed by atoms with Gasteiger partial charge in [0.05, 0.1) is 6.61 Å². The minimum Gasteiger partial charge on any atom is -0.399 e. The number of anilines is 1. The van der Waals surface area contributed by atoms with Gasteiger partial charge in [-0.3, -0.25) is 0 Å². The summed E-state index contributed by atoms with van der Waals surface area (Å²) in [7, 11) is -2.43. The second-order valence-electron chi connectivity index (χ2n) is 5.52. The lowest BCUT2D eigenvalue weighted by molar-refractivity contribution is 0.0495. The quantitative estimate of drug-likeness (QED) is 0.859. The van der Waals surface area contributed by atoms with Crippen LogP contribution in [0.5, 0.6) is 0 Å². The van der Waals surface area contributed by atoms with Crippen LogP contribution in [0.4, 0.5) is 10.1 Å². The Hall–Kier alpha value is -1.18. The maximum atomic E-state index is 14.1. The number of halogens is 1. The van der Waals surface area contributed by atoms with Crippen LogP contribution in [0.15, 0.2) is 17.0 Å².